The summed E-state index contributed by atoms with van der Waals surface area (Å²) >= 11 is 0. The van der Waals surface area contributed by atoms with E-state index in [9.17, 15) is 9.59 Å². The maximum absolute atomic E-state index is 13.1. The number of amides is 1. The smallest absolute Gasteiger partial charge is 0.222 e. The van der Waals surface area contributed by atoms with Crippen LogP contribution in [0.3, 0.4) is 0 Å². The van der Waals surface area contributed by atoms with Gasteiger partial charge in [0.1, 0.15) is 5.75 Å². The molecule has 0 bridgehead atoms. The van der Waals surface area contributed by atoms with Gasteiger partial charge in [0, 0.05) is 37.2 Å². The van der Waals surface area contributed by atoms with Crippen LogP contribution < -0.4 is 4.74 Å². The monoisotopic (exact) mass is 390 g/mol. The quantitative estimate of drug-likeness (QED) is 0.699. The normalized spacial score (nSPS) is 18.7. The summed E-state index contributed by atoms with van der Waals surface area (Å²) in [7, 11) is 1.65. The van der Waals surface area contributed by atoms with Gasteiger partial charge in [-0.2, -0.15) is 0 Å². The Morgan fingerprint density at radius 2 is 2.00 bits per heavy atom. The summed E-state index contributed by atoms with van der Waals surface area (Å²) in [6.07, 6.45) is 6.83. The zero-order valence-corrected chi connectivity index (χ0v) is 16.8. The molecule has 0 spiro atoms. The number of hydrogen-bond acceptors (Lipinski definition) is 4. The fourth-order valence-corrected chi connectivity index (χ4v) is 4.13. The molecule has 1 saturated heterocycles. The van der Waals surface area contributed by atoms with E-state index in [1.54, 1.807) is 7.11 Å². The maximum atomic E-state index is 13.1. The lowest BCUT2D eigenvalue weighted by atomic mass is 9.89. The van der Waals surface area contributed by atoms with Crippen LogP contribution in [0, 0.1) is 5.92 Å². The van der Waals surface area contributed by atoms with Gasteiger partial charge in [-0.25, -0.2) is 0 Å². The van der Waals surface area contributed by atoms with Crippen LogP contribution in [-0.4, -0.2) is 49.5 Å². The maximum Gasteiger partial charge on any atom is 0.222 e. The molecule has 2 aromatic rings. The number of Topliss-reactive ketones (excluding diaryl/α,β-unsaturated/α-hetero) is 1. The van der Waals surface area contributed by atoms with Crippen molar-refractivity contribution in [3.8, 4) is 5.75 Å². The van der Waals surface area contributed by atoms with Crippen molar-refractivity contribution in [1.29, 1.82) is 0 Å². The Balaban J connectivity index is 1.42. The third kappa shape index (κ3) is 4.39. The van der Waals surface area contributed by atoms with Crippen molar-refractivity contribution in [2.45, 2.75) is 25.7 Å². The number of rotatable bonds is 6. The predicted molar refractivity (Wildman–Crippen MR) is 115 cm³/mol. The molecular weight excluding hydrogens is 364 g/mol. The molecule has 0 aliphatic carbocycles. The molecule has 2 aliphatic rings. The van der Waals surface area contributed by atoms with E-state index in [0.717, 1.165) is 54.4 Å². The summed E-state index contributed by atoms with van der Waals surface area (Å²) in [6, 6.07) is 11.6. The molecular formula is C24H26N2O3. The highest BCUT2D eigenvalue weighted by molar-refractivity contribution is 6.01. The van der Waals surface area contributed by atoms with Gasteiger partial charge in [0.15, 0.2) is 5.78 Å². The van der Waals surface area contributed by atoms with Gasteiger partial charge in [-0.3, -0.25) is 14.6 Å². The zero-order valence-electron chi connectivity index (χ0n) is 16.8. The number of hydrogen-bond donors (Lipinski definition) is 0. The summed E-state index contributed by atoms with van der Waals surface area (Å²) in [4.78, 5) is 31.8. The van der Waals surface area contributed by atoms with Crippen LogP contribution in [0.15, 0.2) is 53.0 Å². The Hall–Kier alpha value is -2.95. The number of methoxy groups -OCH3 is 1. The van der Waals surface area contributed by atoms with Crippen LogP contribution in [-0.2, 0) is 4.79 Å². The van der Waals surface area contributed by atoms with E-state index in [0.29, 0.717) is 18.5 Å². The van der Waals surface area contributed by atoms with E-state index >= 15 is 0 Å². The molecule has 1 atom stereocenters. The molecule has 2 heterocycles. The first-order valence-electron chi connectivity index (χ1n) is 10.2. The number of ether oxygens (including phenoxy) is 1. The van der Waals surface area contributed by atoms with Crippen LogP contribution in [0.5, 0.6) is 5.75 Å². The average molecular weight is 390 g/mol. The summed E-state index contributed by atoms with van der Waals surface area (Å²) in [5, 5.41) is 2.07. The van der Waals surface area contributed by atoms with E-state index in [1.165, 1.54) is 0 Å². The number of carbonyl (C=O) groups excluding carboxylic acids is 2. The summed E-state index contributed by atoms with van der Waals surface area (Å²) in [5.74, 6) is 0.938. The first kappa shape index (κ1) is 19.4. The van der Waals surface area contributed by atoms with Crippen molar-refractivity contribution in [1.82, 2.24) is 4.90 Å². The predicted octanol–water partition coefficient (Wildman–Crippen LogP) is 4.06. The Labute approximate surface area is 171 Å². The van der Waals surface area contributed by atoms with Crippen molar-refractivity contribution in [3.63, 3.8) is 0 Å². The molecule has 1 amide bonds. The molecule has 2 aromatic carbocycles. The molecule has 1 fully saturated rings. The molecule has 4 rings (SSSR count). The molecule has 5 heteroatoms. The Morgan fingerprint density at radius 3 is 2.79 bits per heavy atom. The van der Waals surface area contributed by atoms with E-state index in [1.807, 2.05) is 47.5 Å². The van der Waals surface area contributed by atoms with Crippen molar-refractivity contribution >= 4 is 28.7 Å². The number of fused-ring (bicyclic) bond motifs is 1. The van der Waals surface area contributed by atoms with Crippen LogP contribution in [0.25, 0.3) is 10.8 Å². The van der Waals surface area contributed by atoms with Crippen LogP contribution in [0.4, 0.5) is 0 Å². The van der Waals surface area contributed by atoms with Gasteiger partial charge in [-0.1, -0.05) is 24.3 Å². The molecule has 0 aromatic heterocycles. The molecule has 0 radical (unpaired) electrons. The number of likely N-dealkylation sites (tertiary alicyclic amines) is 1. The number of piperidine rings is 1. The van der Waals surface area contributed by atoms with Gasteiger partial charge in [0.05, 0.1) is 13.7 Å². The number of nitrogens with zero attached hydrogens (tertiary/aromatic N) is 2. The number of allylic oxidation sites excluding steroid dienone is 1. The minimum absolute atomic E-state index is 0.129. The first-order valence-corrected chi connectivity index (χ1v) is 10.2. The minimum atomic E-state index is -0.129. The van der Waals surface area contributed by atoms with E-state index in [2.05, 4.69) is 11.1 Å². The number of carbonyl (C=O) groups is 2. The average Bonchev–Trinajstić information content (AvgIpc) is 3.30. The van der Waals surface area contributed by atoms with Crippen LogP contribution >= 0.6 is 0 Å². The highest BCUT2D eigenvalue weighted by atomic mass is 16.5. The standard InChI is InChI=1S/C24H26N2O3/c1-29-22-8-7-18-13-20(6-5-19(18)14-22)24(28)21-3-2-12-26(16-21)23(27)9-4-17-10-11-25-15-17/h5-8,10,13-15,21H,2-4,9,11-12,16H2,1H3/t21-/m1/s1. The number of ketones is 1. The lowest BCUT2D eigenvalue weighted by Gasteiger charge is -2.32. The van der Waals surface area contributed by atoms with Crippen LogP contribution in [0.2, 0.25) is 0 Å². The lowest BCUT2D eigenvalue weighted by molar-refractivity contribution is -0.132. The Morgan fingerprint density at radius 1 is 1.17 bits per heavy atom. The fraction of sp³-hybridized carbons (Fsp3) is 0.375. The molecule has 150 valence electrons. The van der Waals surface area contributed by atoms with Gasteiger partial charge in [-0.15, -0.1) is 0 Å². The largest absolute Gasteiger partial charge is 0.497 e. The van der Waals surface area contributed by atoms with Gasteiger partial charge in [-0.05, 0) is 53.8 Å². The van der Waals surface area contributed by atoms with Gasteiger partial charge in [0.2, 0.25) is 5.91 Å². The highest BCUT2D eigenvalue weighted by Crippen LogP contribution is 2.26. The SMILES string of the molecule is COc1ccc2cc(C(=O)[C@@H]3CCCN(C(=O)CCC4=CCN=C4)C3)ccc2c1. The topological polar surface area (TPSA) is 59.0 Å². The second kappa shape index (κ2) is 8.60. The van der Waals surface area contributed by atoms with Crippen molar-refractivity contribution < 1.29 is 14.3 Å². The molecule has 2 aliphatic heterocycles. The minimum Gasteiger partial charge on any atom is -0.497 e. The molecule has 0 saturated carbocycles. The number of aliphatic imine (C=N–C) groups is 1. The third-order valence-electron chi connectivity index (χ3n) is 5.82. The zero-order chi connectivity index (χ0) is 20.2. The molecule has 29 heavy (non-hydrogen) atoms. The van der Waals surface area contributed by atoms with Crippen molar-refractivity contribution in [2.24, 2.45) is 10.9 Å². The van der Waals surface area contributed by atoms with E-state index < -0.39 is 0 Å². The summed E-state index contributed by atoms with van der Waals surface area (Å²) in [6.45, 7) is 1.99. The highest BCUT2D eigenvalue weighted by Gasteiger charge is 2.29. The molecule has 0 N–H and O–H groups in total. The summed E-state index contributed by atoms with van der Waals surface area (Å²) < 4.78 is 5.27. The Kier molecular flexibility index (Phi) is 5.74. The second-order valence-electron chi connectivity index (χ2n) is 7.74. The van der Waals surface area contributed by atoms with Crippen molar-refractivity contribution in [3.05, 3.63) is 53.6 Å². The van der Waals surface area contributed by atoms with Crippen LogP contribution in [0.1, 0.15) is 36.0 Å². The second-order valence-corrected chi connectivity index (χ2v) is 7.74. The van der Waals surface area contributed by atoms with Gasteiger partial charge < -0.3 is 9.64 Å². The fourth-order valence-electron chi connectivity index (χ4n) is 4.13. The molecule has 0 unspecified atom stereocenters. The first-order chi connectivity index (χ1) is 14.1. The molecule has 5 nitrogen and oxygen atoms in total. The van der Waals surface area contributed by atoms with Crippen molar-refractivity contribution in [2.75, 3.05) is 26.7 Å². The number of benzene rings is 2. The third-order valence-corrected chi connectivity index (χ3v) is 5.82. The Bertz CT molecular complexity index is 993. The van der Waals surface area contributed by atoms with Gasteiger partial charge in [0.25, 0.3) is 0 Å². The van der Waals surface area contributed by atoms with E-state index in [-0.39, 0.29) is 17.6 Å². The lowest BCUT2D eigenvalue weighted by Crippen LogP contribution is -2.42. The van der Waals surface area contributed by atoms with E-state index in [4.69, 9.17) is 4.74 Å². The summed E-state index contributed by atoms with van der Waals surface area (Å²) in [5.41, 5.74) is 1.85. The van der Waals surface area contributed by atoms with Gasteiger partial charge >= 0.3 is 0 Å².